The first kappa shape index (κ1) is 24.3. The number of halogens is 3. The monoisotopic (exact) mass is 478 g/mol. The Morgan fingerprint density at radius 1 is 1.18 bits per heavy atom. The van der Waals surface area contributed by atoms with Crippen LogP contribution in [0.1, 0.15) is 54.7 Å². The van der Waals surface area contributed by atoms with Gasteiger partial charge in [-0.3, -0.25) is 9.59 Å². The van der Waals surface area contributed by atoms with Crippen LogP contribution in [-0.2, 0) is 17.4 Å². The fraction of sp³-hybridized carbons (Fsp3) is 0.542. The topological polar surface area (TPSA) is 87.5 Å². The molecule has 184 valence electrons. The van der Waals surface area contributed by atoms with Crippen LogP contribution in [0.3, 0.4) is 0 Å². The second-order valence-electron chi connectivity index (χ2n) is 9.20. The Labute approximate surface area is 196 Å². The van der Waals surface area contributed by atoms with Gasteiger partial charge in [0.15, 0.2) is 0 Å². The molecule has 1 aromatic heterocycles. The number of imidazole rings is 1. The fourth-order valence-electron chi connectivity index (χ4n) is 5.34. The third-order valence-corrected chi connectivity index (χ3v) is 7.09. The average Bonchev–Trinajstić information content (AvgIpc) is 3.42. The number of alkyl halides is 3. The highest BCUT2D eigenvalue weighted by atomic mass is 19.4. The molecule has 4 atom stereocenters. The lowest BCUT2D eigenvalue weighted by atomic mass is 9.84. The minimum Gasteiger partial charge on any atom is -0.374 e. The summed E-state index contributed by atoms with van der Waals surface area (Å²) >= 11 is 0. The number of nitrogens with one attached hydrogen (secondary N) is 1. The third kappa shape index (κ3) is 4.43. The molecule has 0 radical (unpaired) electrons. The number of aliphatic hydroxyl groups is 1. The van der Waals surface area contributed by atoms with Gasteiger partial charge in [-0.15, -0.1) is 0 Å². The first-order valence-electron chi connectivity index (χ1n) is 11.6. The molecule has 0 bridgehead atoms. The van der Waals surface area contributed by atoms with Gasteiger partial charge in [-0.2, -0.15) is 13.2 Å². The minimum absolute atomic E-state index is 0.0584. The van der Waals surface area contributed by atoms with Crippen molar-refractivity contribution in [2.45, 2.75) is 62.4 Å². The van der Waals surface area contributed by atoms with Crippen LogP contribution >= 0.6 is 0 Å². The molecule has 1 aliphatic carbocycles. The molecule has 1 saturated carbocycles. The van der Waals surface area contributed by atoms with Crippen molar-refractivity contribution in [3.8, 4) is 0 Å². The predicted octanol–water partition coefficient (Wildman–Crippen LogP) is 3.15. The number of aryl methyl sites for hydroxylation is 1. The highest BCUT2D eigenvalue weighted by Crippen LogP contribution is 2.42. The van der Waals surface area contributed by atoms with E-state index in [2.05, 4.69) is 10.3 Å². The molecule has 34 heavy (non-hydrogen) atoms. The van der Waals surface area contributed by atoms with Gasteiger partial charge in [0.1, 0.15) is 11.9 Å². The van der Waals surface area contributed by atoms with Gasteiger partial charge in [0.05, 0.1) is 0 Å². The average molecular weight is 479 g/mol. The first-order chi connectivity index (χ1) is 16.1. The molecular formula is C24H29F3N4O3. The van der Waals surface area contributed by atoms with Gasteiger partial charge in [-0.1, -0.05) is 31.0 Å². The van der Waals surface area contributed by atoms with Crippen LogP contribution < -0.4 is 5.32 Å². The third-order valence-electron chi connectivity index (χ3n) is 7.09. The molecule has 2 N–H and O–H groups in total. The summed E-state index contributed by atoms with van der Waals surface area (Å²) in [5.41, 5.74) is -2.73. The van der Waals surface area contributed by atoms with E-state index in [9.17, 15) is 27.9 Å². The van der Waals surface area contributed by atoms with Gasteiger partial charge < -0.3 is 19.9 Å². The van der Waals surface area contributed by atoms with Crippen LogP contribution in [0.25, 0.3) is 0 Å². The normalized spacial score (nSPS) is 24.4. The summed E-state index contributed by atoms with van der Waals surface area (Å²) in [4.78, 5) is 31.8. The number of hydrogen-bond acceptors (Lipinski definition) is 4. The van der Waals surface area contributed by atoms with Crippen molar-refractivity contribution in [1.82, 2.24) is 19.8 Å². The van der Waals surface area contributed by atoms with Crippen LogP contribution in [0.2, 0.25) is 0 Å². The maximum Gasteiger partial charge on any atom is 0.424 e. The summed E-state index contributed by atoms with van der Waals surface area (Å²) in [6, 6.07) is 7.90. The van der Waals surface area contributed by atoms with Crippen molar-refractivity contribution < 1.29 is 27.9 Å². The Bertz CT molecular complexity index is 1030. The second-order valence-corrected chi connectivity index (χ2v) is 9.20. The van der Waals surface area contributed by atoms with Crippen molar-refractivity contribution in [2.75, 3.05) is 6.54 Å². The number of nitrogens with zero attached hydrogens (tertiary/aromatic N) is 3. The van der Waals surface area contributed by atoms with E-state index in [1.807, 2.05) is 0 Å². The van der Waals surface area contributed by atoms with E-state index in [4.69, 9.17) is 0 Å². The molecule has 2 amide bonds. The van der Waals surface area contributed by atoms with Crippen LogP contribution in [-0.4, -0.2) is 56.2 Å². The van der Waals surface area contributed by atoms with Crippen molar-refractivity contribution in [3.05, 3.63) is 54.1 Å². The summed E-state index contributed by atoms with van der Waals surface area (Å²) < 4.78 is 42.4. The number of fused-ring (bicyclic) bond motifs is 1. The molecule has 1 saturated heterocycles. The quantitative estimate of drug-likeness (QED) is 0.668. The molecule has 10 heteroatoms. The van der Waals surface area contributed by atoms with Gasteiger partial charge in [0, 0.05) is 44.0 Å². The van der Waals surface area contributed by atoms with Gasteiger partial charge >= 0.3 is 6.18 Å². The van der Waals surface area contributed by atoms with Crippen molar-refractivity contribution in [2.24, 2.45) is 13.0 Å². The van der Waals surface area contributed by atoms with E-state index in [1.54, 1.807) is 35.2 Å². The number of likely N-dealkylation sites (tertiary alicyclic amines) is 1. The second kappa shape index (κ2) is 9.40. The number of hydrogen-bond donors (Lipinski definition) is 2. The van der Waals surface area contributed by atoms with Gasteiger partial charge in [0.2, 0.25) is 11.5 Å². The molecule has 4 rings (SSSR count). The van der Waals surface area contributed by atoms with Crippen LogP contribution in [0.4, 0.5) is 13.2 Å². The number of carbonyl (C=O) groups is 2. The van der Waals surface area contributed by atoms with E-state index >= 15 is 0 Å². The van der Waals surface area contributed by atoms with Crippen LogP contribution in [0.5, 0.6) is 0 Å². The van der Waals surface area contributed by atoms with E-state index in [0.717, 1.165) is 30.3 Å². The van der Waals surface area contributed by atoms with E-state index in [-0.39, 0.29) is 17.9 Å². The molecule has 1 aliphatic heterocycles. The highest BCUT2D eigenvalue weighted by Gasteiger charge is 2.57. The maximum absolute atomic E-state index is 13.8. The molecule has 7 nitrogen and oxygen atoms in total. The number of amides is 2. The Kier molecular flexibility index (Phi) is 6.71. The Hall–Kier alpha value is -2.88. The number of benzene rings is 1. The van der Waals surface area contributed by atoms with E-state index < -0.39 is 42.5 Å². The number of aromatic nitrogens is 2. The standard InChI is InChI=1S/C24H29F3N4O3/c1-30-14-13-29-22(30)23(34,24(25,26)27)11-12-28-20(32)19-15-17-9-5-6-10-18(17)31(19)21(33)16-7-3-2-4-8-16/h2-4,7-8,13-14,17-19,34H,5-6,9-12,15H2,1H3,(H,28,32). The Morgan fingerprint density at radius 3 is 2.53 bits per heavy atom. The number of carbonyl (C=O) groups excluding carboxylic acids is 2. The molecule has 2 heterocycles. The molecular weight excluding hydrogens is 449 g/mol. The zero-order valence-electron chi connectivity index (χ0n) is 19.0. The largest absolute Gasteiger partial charge is 0.424 e. The van der Waals surface area contributed by atoms with Crippen LogP contribution in [0.15, 0.2) is 42.7 Å². The van der Waals surface area contributed by atoms with E-state index in [0.29, 0.717) is 12.0 Å². The van der Waals surface area contributed by atoms with E-state index in [1.165, 1.54) is 19.4 Å². The summed E-state index contributed by atoms with van der Waals surface area (Å²) in [6.45, 7) is -0.416. The first-order valence-corrected chi connectivity index (χ1v) is 11.6. The van der Waals surface area contributed by atoms with Crippen LogP contribution in [0, 0.1) is 5.92 Å². The molecule has 2 aliphatic rings. The number of rotatable bonds is 6. The highest BCUT2D eigenvalue weighted by molar-refractivity contribution is 5.98. The molecule has 2 fully saturated rings. The maximum atomic E-state index is 13.8. The Morgan fingerprint density at radius 2 is 1.88 bits per heavy atom. The molecule has 1 aromatic carbocycles. The molecule has 0 spiro atoms. The van der Waals surface area contributed by atoms with Gasteiger partial charge in [-0.05, 0) is 37.3 Å². The van der Waals surface area contributed by atoms with Crippen molar-refractivity contribution in [3.63, 3.8) is 0 Å². The molecule has 4 unspecified atom stereocenters. The summed E-state index contributed by atoms with van der Waals surface area (Å²) in [5.74, 6) is -1.09. The van der Waals surface area contributed by atoms with Crippen molar-refractivity contribution >= 4 is 11.8 Å². The lowest BCUT2D eigenvalue weighted by Crippen LogP contribution is -2.51. The zero-order valence-corrected chi connectivity index (χ0v) is 19.0. The smallest absolute Gasteiger partial charge is 0.374 e. The zero-order chi connectivity index (χ0) is 24.5. The van der Waals surface area contributed by atoms with Gasteiger partial charge in [-0.25, -0.2) is 4.98 Å². The predicted molar refractivity (Wildman–Crippen MR) is 118 cm³/mol. The summed E-state index contributed by atoms with van der Waals surface area (Å²) in [7, 11) is 1.37. The van der Waals surface area contributed by atoms with Gasteiger partial charge in [0.25, 0.3) is 5.91 Å². The lowest BCUT2D eigenvalue weighted by molar-refractivity contribution is -0.272. The van der Waals surface area contributed by atoms with Crippen molar-refractivity contribution in [1.29, 1.82) is 0 Å². The fourth-order valence-corrected chi connectivity index (χ4v) is 5.34. The lowest BCUT2D eigenvalue weighted by Gasteiger charge is -2.34. The Balaban J connectivity index is 1.49. The summed E-state index contributed by atoms with van der Waals surface area (Å²) in [6.07, 6.45) is 0.934. The molecule has 2 aromatic rings. The SMILES string of the molecule is Cn1ccnc1C(O)(CCNC(=O)C1CC2CCCCC2N1C(=O)c1ccccc1)C(F)(F)F. The minimum atomic E-state index is -4.98. The summed E-state index contributed by atoms with van der Waals surface area (Å²) in [5, 5.41) is 13.1.